The number of aliphatic hydroxyl groups is 3. The summed E-state index contributed by atoms with van der Waals surface area (Å²) in [5, 5.41) is 34.2. The number of carbonyl (C=O) groups is 4. The Morgan fingerprint density at radius 3 is 2.32 bits per heavy atom. The smallest absolute Gasteiger partial charge is 0.329 e. The molecular weight excluding hydrogens is 735 g/mol. The lowest BCUT2D eigenvalue weighted by molar-refractivity contribution is -0.302. The summed E-state index contributed by atoms with van der Waals surface area (Å²) < 4.78 is 45.1. The summed E-state index contributed by atoms with van der Waals surface area (Å²) in [4.78, 5) is 58.0. The molecule has 3 fully saturated rings. The summed E-state index contributed by atoms with van der Waals surface area (Å²) >= 11 is 0. The number of rotatable bonds is 7. The lowest BCUT2D eigenvalue weighted by Crippen LogP contribution is -2.64. The van der Waals surface area contributed by atoms with Crippen molar-refractivity contribution in [2.45, 2.75) is 160 Å². The molecule has 0 radical (unpaired) electrons. The fourth-order valence-corrected chi connectivity index (χ4v) is 9.37. The van der Waals surface area contributed by atoms with Gasteiger partial charge in [0.25, 0.3) is 11.7 Å². The zero-order valence-corrected chi connectivity index (χ0v) is 35.2. The first-order chi connectivity index (χ1) is 27.8. The van der Waals surface area contributed by atoms with Gasteiger partial charge in [-0.3, -0.25) is 14.4 Å². The van der Waals surface area contributed by atoms with E-state index in [1.807, 2.05) is 26.0 Å². The number of hydrogen-bond donors (Lipinski definition) is 3. The van der Waals surface area contributed by atoms with E-state index in [1.165, 1.54) is 20.3 Å². The Kier molecular flexibility index (Phi) is 16.1. The predicted molar refractivity (Wildman–Crippen MR) is 213 cm³/mol. The number of aliphatic hydroxyl groups excluding tert-OH is 2. The summed E-state index contributed by atoms with van der Waals surface area (Å²) in [5.41, 5.74) is 1.47. The molecule has 3 N–H and O–H groups in total. The fraction of sp³-hybridized carbons (Fsp3) is 0.773. The molecule has 0 aromatic heterocycles. The van der Waals surface area contributed by atoms with Crippen molar-refractivity contribution in [2.75, 3.05) is 27.9 Å². The minimum absolute atomic E-state index is 0.0448. The van der Waals surface area contributed by atoms with Crippen LogP contribution in [-0.2, 0) is 42.9 Å². The third kappa shape index (κ3) is 11.3. The summed E-state index contributed by atoms with van der Waals surface area (Å²) in [5.74, 6) is -8.41. The third-order valence-corrected chi connectivity index (χ3v) is 12.8. The van der Waals surface area contributed by atoms with Gasteiger partial charge in [-0.15, -0.1) is 6.53 Å². The van der Waals surface area contributed by atoms with Gasteiger partial charge < -0.3 is 43.9 Å². The van der Waals surface area contributed by atoms with E-state index in [0.717, 1.165) is 10.5 Å². The molecule has 4 aliphatic rings. The number of amides is 1. The Morgan fingerprint density at radius 1 is 0.965 bits per heavy atom. The summed E-state index contributed by atoms with van der Waals surface area (Å²) in [7, 11) is 4.55. The Balaban J connectivity index is 1.80. The SMILES string of the molecule is [2H][13C]([2H])=CCC1/C=C(/C)C[C@H](C)CC(OC)[C@H]2O[C@@](O)(C(=O)C(=O)N3CCCC[C@@H]3C(=O)O[C@H](/C(C)=C/[C@@H]3CC[C@@H](O)[C@H](OC)C3)[C@H](C)[C@@H](O)CC1=O)[C@H](C)C[C@@H]2OC. The molecule has 13 heteroatoms. The van der Waals surface area contributed by atoms with Crippen molar-refractivity contribution in [3.8, 4) is 0 Å². The second kappa shape index (κ2) is 21.0. The molecule has 2 saturated heterocycles. The van der Waals surface area contributed by atoms with Gasteiger partial charge in [0.15, 0.2) is 0 Å². The Labute approximate surface area is 342 Å². The molecule has 3 heterocycles. The maximum Gasteiger partial charge on any atom is 0.329 e. The van der Waals surface area contributed by atoms with Crippen molar-refractivity contribution in [3.63, 3.8) is 0 Å². The normalized spacial score (nSPS) is 41.4. The zero-order valence-electron chi connectivity index (χ0n) is 37.2. The van der Waals surface area contributed by atoms with Crippen LogP contribution < -0.4 is 0 Å². The Hall–Kier alpha value is -2.78. The van der Waals surface area contributed by atoms with E-state index in [9.17, 15) is 34.5 Å². The average Bonchev–Trinajstić information content (AvgIpc) is 3.20. The van der Waals surface area contributed by atoms with Crippen molar-refractivity contribution in [2.24, 2.45) is 29.6 Å². The highest BCUT2D eigenvalue weighted by Crippen LogP contribution is 2.39. The largest absolute Gasteiger partial charge is 0.456 e. The van der Waals surface area contributed by atoms with Crippen molar-refractivity contribution in [3.05, 3.63) is 35.9 Å². The number of hydrogen-bond acceptors (Lipinski definition) is 12. The average molecular weight is 807 g/mol. The van der Waals surface area contributed by atoms with Crippen molar-refractivity contribution >= 4 is 23.4 Å². The first-order valence-corrected chi connectivity index (χ1v) is 20.8. The molecule has 1 amide bonds. The first kappa shape index (κ1) is 43.8. The van der Waals surface area contributed by atoms with Crippen molar-refractivity contribution < 1.29 is 60.9 Å². The molecule has 3 aliphatic heterocycles. The minimum atomic E-state index is -2.54. The number of esters is 1. The highest BCUT2D eigenvalue weighted by Gasteiger charge is 2.56. The van der Waals surface area contributed by atoms with E-state index in [-0.39, 0.29) is 56.0 Å². The highest BCUT2D eigenvalue weighted by molar-refractivity contribution is 6.39. The predicted octanol–water partition coefficient (Wildman–Crippen LogP) is 4.64. The minimum Gasteiger partial charge on any atom is -0.456 e. The fourth-order valence-electron chi connectivity index (χ4n) is 9.37. The van der Waals surface area contributed by atoms with Crippen LogP contribution in [0.4, 0.5) is 0 Å². The number of ketones is 2. The van der Waals surface area contributed by atoms with E-state index in [2.05, 4.69) is 0 Å². The first-order valence-electron chi connectivity index (χ1n) is 21.8. The monoisotopic (exact) mass is 806 g/mol. The quantitative estimate of drug-likeness (QED) is 0.141. The molecule has 1 saturated carbocycles. The maximum atomic E-state index is 14.3. The van der Waals surface area contributed by atoms with E-state index in [0.29, 0.717) is 50.5 Å². The second-order valence-electron chi connectivity index (χ2n) is 17.2. The molecule has 0 aromatic rings. The van der Waals surface area contributed by atoms with Crippen LogP contribution in [0, 0.1) is 29.6 Å². The van der Waals surface area contributed by atoms with Gasteiger partial charge in [0.1, 0.15) is 24.0 Å². The van der Waals surface area contributed by atoms with Crippen LogP contribution in [0.3, 0.4) is 0 Å². The molecule has 4 rings (SSSR count). The maximum absolute atomic E-state index is 14.3. The van der Waals surface area contributed by atoms with E-state index in [1.54, 1.807) is 27.9 Å². The number of allylic oxidation sites excluding steroid dienone is 4. The number of ether oxygens (including phenoxy) is 5. The van der Waals surface area contributed by atoms with Crippen LogP contribution >= 0.6 is 0 Å². The number of Topliss-reactive ketones (excluding diaryl/α,β-unsaturated/α-hetero) is 2. The molecule has 2 bridgehead atoms. The number of carbonyl (C=O) groups excluding carboxylic acids is 4. The summed E-state index contributed by atoms with van der Waals surface area (Å²) in [6.45, 7) is 8.59. The molecule has 2 unspecified atom stereocenters. The molecule has 0 aromatic carbocycles. The standard InChI is InChI=1S/C44H69NO12/c1-10-13-31-19-25(2)18-26(3)20-37(54-8)40-38(55-9)22-28(5)44(52,57-40)41(49)42(50)45-17-12-11-14-32(45)43(51)56-39(29(6)34(47)24-35(31)48)27(4)21-30-15-16-33(46)36(23-30)53-7/h10,19,21,26,28-34,36-40,46-47,52H,1,11-18,20,22-24H2,2-9H3/b25-19-,27-21+/t26-,28+,29+,30-,31?,32+,33+,34-,36+,37?,38-,39+,40+,44+/m0/s1/i1+1D2. The number of methoxy groups -OCH3 is 3. The summed E-state index contributed by atoms with van der Waals surface area (Å²) in [6, 6.07) is -1.18. The summed E-state index contributed by atoms with van der Waals surface area (Å²) in [6.07, 6.45) is 3.43. The number of fused-ring (bicyclic) bond motifs is 3. The van der Waals surface area contributed by atoms with E-state index < -0.39 is 90.4 Å². The van der Waals surface area contributed by atoms with Gasteiger partial charge in [-0.1, -0.05) is 44.6 Å². The highest BCUT2D eigenvalue weighted by atomic mass is 16.7. The van der Waals surface area contributed by atoms with Gasteiger partial charge in [0.05, 0.1) is 33.3 Å². The number of piperidine rings is 1. The molecule has 13 nitrogen and oxygen atoms in total. The van der Waals surface area contributed by atoms with Gasteiger partial charge in [0, 0.05) is 52.0 Å². The Bertz CT molecular complexity index is 1570. The topological polar surface area (TPSA) is 178 Å². The molecule has 1 aliphatic carbocycles. The lowest BCUT2D eigenvalue weighted by atomic mass is 9.81. The van der Waals surface area contributed by atoms with E-state index >= 15 is 0 Å². The van der Waals surface area contributed by atoms with Crippen LogP contribution in [0.1, 0.15) is 108 Å². The molecular formula is C44H69NO12. The van der Waals surface area contributed by atoms with Gasteiger partial charge in [-0.05, 0) is 95.5 Å². The molecule has 57 heavy (non-hydrogen) atoms. The van der Waals surface area contributed by atoms with Crippen molar-refractivity contribution in [1.82, 2.24) is 4.90 Å². The van der Waals surface area contributed by atoms with Crippen molar-refractivity contribution in [1.29, 1.82) is 0 Å². The van der Waals surface area contributed by atoms with Gasteiger partial charge in [0.2, 0.25) is 5.79 Å². The number of cyclic esters (lactones) is 1. The van der Waals surface area contributed by atoms with Crippen LogP contribution in [0.15, 0.2) is 35.9 Å². The molecule has 14 atom stereocenters. The molecule has 322 valence electrons. The third-order valence-electron chi connectivity index (χ3n) is 12.8. The molecule has 0 spiro atoms. The van der Waals surface area contributed by atoms with Gasteiger partial charge in [-0.25, -0.2) is 4.79 Å². The lowest BCUT2D eigenvalue weighted by Gasteiger charge is -2.47. The second-order valence-corrected chi connectivity index (χ2v) is 17.2. The zero-order chi connectivity index (χ0) is 43.8. The Morgan fingerprint density at radius 2 is 1.65 bits per heavy atom. The van der Waals surface area contributed by atoms with Crippen LogP contribution in [0.25, 0.3) is 0 Å². The van der Waals surface area contributed by atoms with Crippen LogP contribution in [-0.4, -0.2) is 126 Å². The van der Waals surface area contributed by atoms with Crippen LogP contribution in [0.2, 0.25) is 0 Å². The van der Waals surface area contributed by atoms with Gasteiger partial charge >= 0.3 is 5.97 Å². The van der Waals surface area contributed by atoms with E-state index in [4.69, 9.17) is 26.4 Å². The van der Waals surface area contributed by atoms with Gasteiger partial charge in [-0.2, -0.15) is 0 Å². The van der Waals surface area contributed by atoms with Crippen LogP contribution in [0.5, 0.6) is 0 Å². The number of nitrogens with zero attached hydrogens (tertiary/aromatic N) is 1.